The molecular weight excluding hydrogens is 138 g/mol. The van der Waals surface area contributed by atoms with Crippen molar-refractivity contribution in [2.75, 3.05) is 0 Å². The number of amides is 1. The van der Waals surface area contributed by atoms with Crippen molar-refractivity contribution in [3.8, 4) is 0 Å². The first-order valence-electron chi connectivity index (χ1n) is 3.54. The molecule has 1 aliphatic rings. The van der Waals surface area contributed by atoms with Crippen LogP contribution in [0.15, 0.2) is 35.5 Å². The number of carbonyl (C=O) groups is 1. The van der Waals surface area contributed by atoms with Gasteiger partial charge in [-0.15, -0.1) is 0 Å². The standard InChI is InChI=1S/C9H11NO/c1-7-4-2-3-5-8(6-7)9(10)11/h2-3,5-6H,4H2,1H3,(H2,10,11). The second kappa shape index (κ2) is 3.19. The molecule has 2 N–H and O–H groups in total. The predicted octanol–water partition coefficient (Wildman–Crippen LogP) is 1.30. The van der Waals surface area contributed by atoms with Crippen LogP contribution in [0.2, 0.25) is 0 Å². The lowest BCUT2D eigenvalue weighted by Gasteiger charge is -1.94. The SMILES string of the molecule is CC1=CC(C(N)=O)=CC=CC1. The van der Waals surface area contributed by atoms with Crippen molar-refractivity contribution in [1.29, 1.82) is 0 Å². The summed E-state index contributed by atoms with van der Waals surface area (Å²) in [6, 6.07) is 0. The van der Waals surface area contributed by atoms with E-state index in [0.29, 0.717) is 5.57 Å². The second-order valence-electron chi connectivity index (χ2n) is 2.61. The predicted molar refractivity (Wildman–Crippen MR) is 44.8 cm³/mol. The lowest BCUT2D eigenvalue weighted by atomic mass is 10.1. The van der Waals surface area contributed by atoms with Crippen LogP contribution in [0.1, 0.15) is 13.3 Å². The van der Waals surface area contributed by atoms with Gasteiger partial charge in [0, 0.05) is 5.57 Å². The number of rotatable bonds is 1. The molecule has 0 aromatic rings. The normalized spacial score (nSPS) is 16.8. The third-order valence-electron chi connectivity index (χ3n) is 1.54. The Kier molecular flexibility index (Phi) is 2.26. The number of hydrogen-bond donors (Lipinski definition) is 1. The quantitative estimate of drug-likeness (QED) is 0.600. The van der Waals surface area contributed by atoms with E-state index in [1.54, 1.807) is 6.08 Å². The van der Waals surface area contributed by atoms with Crippen molar-refractivity contribution in [2.24, 2.45) is 5.73 Å². The van der Waals surface area contributed by atoms with Gasteiger partial charge < -0.3 is 5.73 Å². The Balaban J connectivity index is 2.93. The van der Waals surface area contributed by atoms with E-state index in [0.717, 1.165) is 12.0 Å². The lowest BCUT2D eigenvalue weighted by molar-refractivity contribution is -0.114. The zero-order chi connectivity index (χ0) is 8.27. The highest BCUT2D eigenvalue weighted by Gasteiger charge is 2.01. The average Bonchev–Trinajstić information content (AvgIpc) is 2.13. The summed E-state index contributed by atoms with van der Waals surface area (Å²) in [5.74, 6) is -0.365. The number of hydrogen-bond acceptors (Lipinski definition) is 1. The first-order valence-corrected chi connectivity index (χ1v) is 3.54. The fraction of sp³-hybridized carbons (Fsp3) is 0.222. The van der Waals surface area contributed by atoms with E-state index in [-0.39, 0.29) is 5.91 Å². The van der Waals surface area contributed by atoms with Gasteiger partial charge in [-0.05, 0) is 19.4 Å². The first-order chi connectivity index (χ1) is 5.20. The number of carbonyl (C=O) groups excluding carboxylic acids is 1. The molecule has 1 rings (SSSR count). The lowest BCUT2D eigenvalue weighted by Crippen LogP contribution is -2.12. The Labute approximate surface area is 66.1 Å². The minimum atomic E-state index is -0.365. The van der Waals surface area contributed by atoms with Crippen LogP contribution in [0, 0.1) is 0 Å². The third kappa shape index (κ3) is 2.08. The number of allylic oxidation sites excluding steroid dienone is 4. The average molecular weight is 149 g/mol. The molecule has 11 heavy (non-hydrogen) atoms. The summed E-state index contributed by atoms with van der Waals surface area (Å²) in [5, 5.41) is 0. The summed E-state index contributed by atoms with van der Waals surface area (Å²) in [5.41, 5.74) is 6.85. The summed E-state index contributed by atoms with van der Waals surface area (Å²) in [7, 11) is 0. The van der Waals surface area contributed by atoms with Crippen LogP contribution in [0.25, 0.3) is 0 Å². The molecule has 0 aromatic heterocycles. The molecule has 2 nitrogen and oxygen atoms in total. The Morgan fingerprint density at radius 2 is 2.36 bits per heavy atom. The fourth-order valence-corrected chi connectivity index (χ4v) is 0.951. The fourth-order valence-electron chi connectivity index (χ4n) is 0.951. The van der Waals surface area contributed by atoms with Gasteiger partial charge in [0.2, 0.25) is 5.91 Å². The van der Waals surface area contributed by atoms with Gasteiger partial charge in [-0.2, -0.15) is 0 Å². The Hall–Kier alpha value is -1.31. The molecule has 58 valence electrons. The molecule has 0 atom stereocenters. The zero-order valence-corrected chi connectivity index (χ0v) is 6.50. The van der Waals surface area contributed by atoms with E-state index < -0.39 is 0 Å². The Bertz CT molecular complexity index is 259. The molecule has 2 heteroatoms. The number of primary amides is 1. The third-order valence-corrected chi connectivity index (χ3v) is 1.54. The minimum Gasteiger partial charge on any atom is -0.366 e. The van der Waals surface area contributed by atoms with E-state index in [2.05, 4.69) is 0 Å². The van der Waals surface area contributed by atoms with Crippen LogP contribution in [-0.2, 0) is 4.79 Å². The molecular formula is C9H11NO. The van der Waals surface area contributed by atoms with Gasteiger partial charge in [0.1, 0.15) is 0 Å². The van der Waals surface area contributed by atoms with Gasteiger partial charge in [0.05, 0.1) is 0 Å². The highest BCUT2D eigenvalue weighted by Crippen LogP contribution is 2.10. The smallest absolute Gasteiger partial charge is 0.248 e. The van der Waals surface area contributed by atoms with E-state index in [4.69, 9.17) is 5.73 Å². The van der Waals surface area contributed by atoms with Crippen molar-refractivity contribution in [3.05, 3.63) is 35.5 Å². The molecule has 0 radical (unpaired) electrons. The first kappa shape index (κ1) is 7.79. The largest absolute Gasteiger partial charge is 0.366 e. The summed E-state index contributed by atoms with van der Waals surface area (Å²) in [4.78, 5) is 10.7. The maximum absolute atomic E-state index is 10.7. The van der Waals surface area contributed by atoms with Crippen LogP contribution in [0.4, 0.5) is 0 Å². The Morgan fingerprint density at radius 1 is 1.64 bits per heavy atom. The second-order valence-corrected chi connectivity index (χ2v) is 2.61. The summed E-state index contributed by atoms with van der Waals surface area (Å²) in [6.45, 7) is 1.98. The molecule has 0 bridgehead atoms. The molecule has 0 saturated carbocycles. The molecule has 0 unspecified atom stereocenters. The maximum Gasteiger partial charge on any atom is 0.248 e. The maximum atomic E-state index is 10.7. The van der Waals surface area contributed by atoms with E-state index in [1.165, 1.54) is 0 Å². The topological polar surface area (TPSA) is 43.1 Å². The molecule has 0 spiro atoms. The van der Waals surface area contributed by atoms with Gasteiger partial charge in [0.25, 0.3) is 0 Å². The van der Waals surface area contributed by atoms with Crippen LogP contribution < -0.4 is 5.73 Å². The molecule has 0 aliphatic heterocycles. The van der Waals surface area contributed by atoms with Crippen molar-refractivity contribution >= 4 is 5.91 Å². The highest BCUT2D eigenvalue weighted by atomic mass is 16.1. The highest BCUT2D eigenvalue weighted by molar-refractivity contribution is 5.95. The van der Waals surface area contributed by atoms with E-state index >= 15 is 0 Å². The van der Waals surface area contributed by atoms with Gasteiger partial charge >= 0.3 is 0 Å². The molecule has 1 amide bonds. The van der Waals surface area contributed by atoms with Crippen molar-refractivity contribution in [3.63, 3.8) is 0 Å². The van der Waals surface area contributed by atoms with Gasteiger partial charge in [0.15, 0.2) is 0 Å². The number of nitrogens with two attached hydrogens (primary N) is 1. The van der Waals surface area contributed by atoms with Crippen LogP contribution in [0.5, 0.6) is 0 Å². The molecule has 0 fully saturated rings. The van der Waals surface area contributed by atoms with Gasteiger partial charge in [-0.25, -0.2) is 0 Å². The molecule has 0 saturated heterocycles. The summed E-state index contributed by atoms with van der Waals surface area (Å²) >= 11 is 0. The minimum absolute atomic E-state index is 0.365. The van der Waals surface area contributed by atoms with Gasteiger partial charge in [-0.3, -0.25) is 4.79 Å². The summed E-state index contributed by atoms with van der Waals surface area (Å²) < 4.78 is 0. The van der Waals surface area contributed by atoms with Crippen molar-refractivity contribution in [2.45, 2.75) is 13.3 Å². The monoisotopic (exact) mass is 149 g/mol. The summed E-state index contributed by atoms with van der Waals surface area (Å²) in [6.07, 6.45) is 8.31. The van der Waals surface area contributed by atoms with E-state index in [9.17, 15) is 4.79 Å². The van der Waals surface area contributed by atoms with E-state index in [1.807, 2.05) is 25.2 Å². The Morgan fingerprint density at radius 3 is 3.00 bits per heavy atom. The molecule has 0 aromatic carbocycles. The van der Waals surface area contributed by atoms with Crippen LogP contribution >= 0.6 is 0 Å². The van der Waals surface area contributed by atoms with Crippen LogP contribution in [-0.4, -0.2) is 5.91 Å². The zero-order valence-electron chi connectivity index (χ0n) is 6.50. The molecule has 0 heterocycles. The van der Waals surface area contributed by atoms with Crippen molar-refractivity contribution in [1.82, 2.24) is 0 Å². The van der Waals surface area contributed by atoms with Gasteiger partial charge in [-0.1, -0.05) is 23.8 Å². The van der Waals surface area contributed by atoms with Crippen LogP contribution in [0.3, 0.4) is 0 Å². The van der Waals surface area contributed by atoms with Crippen molar-refractivity contribution < 1.29 is 4.79 Å². The molecule has 1 aliphatic carbocycles.